The van der Waals surface area contributed by atoms with Crippen LogP contribution < -0.4 is 5.32 Å². The third-order valence-corrected chi connectivity index (χ3v) is 15.4. The summed E-state index contributed by atoms with van der Waals surface area (Å²) in [6, 6.07) is 0. The monoisotopic (exact) mass is 669 g/mol. The molecule has 1 unspecified atom stereocenters. The van der Waals surface area contributed by atoms with E-state index in [1.807, 2.05) is 0 Å². The molecule has 0 aliphatic heterocycles. The molecule has 0 aromatic rings. The summed E-state index contributed by atoms with van der Waals surface area (Å²) >= 11 is 0. The largest absolute Gasteiger partial charge is 0.481 e. The van der Waals surface area contributed by atoms with Gasteiger partial charge in [0.05, 0.1) is 17.9 Å². The quantitative estimate of drug-likeness (QED) is 0.202. The van der Waals surface area contributed by atoms with Crippen LogP contribution in [0.15, 0.2) is 11.1 Å². The fraction of sp³-hybridized carbons (Fsp3) is 0.878. The third-order valence-electron chi connectivity index (χ3n) is 15.4. The van der Waals surface area contributed by atoms with Crippen molar-refractivity contribution in [2.45, 2.75) is 153 Å². The van der Waals surface area contributed by atoms with Gasteiger partial charge in [0.15, 0.2) is 5.78 Å². The number of aliphatic hydroxyl groups is 1. The molecule has 0 spiro atoms. The van der Waals surface area contributed by atoms with E-state index in [2.05, 4.69) is 67.6 Å². The number of carboxylic acids is 1. The van der Waals surface area contributed by atoms with Crippen LogP contribution in [0, 0.1) is 62.1 Å². The second kappa shape index (κ2) is 12.5. The van der Waals surface area contributed by atoms with E-state index in [1.54, 1.807) is 13.8 Å². The Bertz CT molecular complexity index is 1330. The molecule has 3 N–H and O–H groups in total. The molecule has 9 atom stereocenters. The fourth-order valence-electron chi connectivity index (χ4n) is 12.6. The van der Waals surface area contributed by atoms with Gasteiger partial charge >= 0.3 is 11.9 Å². The number of Topliss-reactive ketones (excluding diaryl/α,β-unsaturated/α-hetero) is 1. The molecule has 7 heteroatoms. The number of allylic oxidation sites excluding steroid dienone is 1. The van der Waals surface area contributed by atoms with Gasteiger partial charge in [-0.1, -0.05) is 67.9 Å². The van der Waals surface area contributed by atoms with Gasteiger partial charge in [0.2, 0.25) is 0 Å². The zero-order valence-corrected chi connectivity index (χ0v) is 32.1. The molecule has 4 fully saturated rings. The molecule has 0 saturated heterocycles. The van der Waals surface area contributed by atoms with Crippen LogP contribution in [-0.2, 0) is 19.1 Å². The van der Waals surface area contributed by atoms with Gasteiger partial charge in [-0.2, -0.15) is 0 Å². The van der Waals surface area contributed by atoms with Crippen LogP contribution in [0.5, 0.6) is 0 Å². The van der Waals surface area contributed by atoms with Crippen LogP contribution >= 0.6 is 0 Å². The first-order valence-electron chi connectivity index (χ1n) is 19.2. The van der Waals surface area contributed by atoms with E-state index in [-0.39, 0.29) is 45.9 Å². The average molecular weight is 670 g/mol. The number of fused-ring (bicyclic) bond motifs is 7. The summed E-state index contributed by atoms with van der Waals surface area (Å²) in [5.41, 5.74) is 0.687. The maximum absolute atomic E-state index is 13.9. The molecule has 5 aliphatic rings. The van der Waals surface area contributed by atoms with Crippen molar-refractivity contribution in [1.29, 1.82) is 0 Å². The second-order valence-electron chi connectivity index (χ2n) is 19.6. The molecule has 0 amide bonds. The number of nitrogens with one attached hydrogen (secondary N) is 1. The number of ketones is 1. The van der Waals surface area contributed by atoms with Crippen molar-refractivity contribution >= 4 is 17.7 Å². The van der Waals surface area contributed by atoms with Gasteiger partial charge in [-0.15, -0.1) is 0 Å². The molecule has 0 heterocycles. The lowest BCUT2D eigenvalue weighted by molar-refractivity contribution is -0.235. The number of rotatable bonds is 10. The number of hydrogen-bond donors (Lipinski definition) is 3. The van der Waals surface area contributed by atoms with Crippen molar-refractivity contribution < 1.29 is 29.3 Å². The zero-order valence-electron chi connectivity index (χ0n) is 32.1. The number of carbonyl (C=O) groups excluding carboxylic acids is 2. The van der Waals surface area contributed by atoms with Crippen LogP contribution in [0.1, 0.15) is 140 Å². The SMILES string of the molecule is CC(C)CNC[C@H](O)[C@@]12CC[C@]3(C)[C@H](CC[C@@H]4[C@@]5(C)CC[C@H](OC(=O)CC(C)(C)C(=O)O)C(C)(C)C5CC[C@]43C)C1=C(C(C)C)C(=O)C2. The number of carboxylic acid groups (broad SMARTS) is 1. The van der Waals surface area contributed by atoms with Gasteiger partial charge < -0.3 is 20.3 Å². The molecular weight excluding hydrogens is 602 g/mol. The number of aliphatic carboxylic acids is 1. The van der Waals surface area contributed by atoms with Crippen LogP contribution in [0.4, 0.5) is 0 Å². The smallest absolute Gasteiger partial charge is 0.309 e. The van der Waals surface area contributed by atoms with Gasteiger partial charge in [-0.25, -0.2) is 0 Å². The number of carbonyl (C=O) groups is 3. The predicted octanol–water partition coefficient (Wildman–Crippen LogP) is 7.99. The number of esters is 1. The molecule has 0 radical (unpaired) electrons. The summed E-state index contributed by atoms with van der Waals surface area (Å²) in [7, 11) is 0. The number of ether oxygens (including phenoxy) is 1. The highest BCUT2D eigenvalue weighted by Gasteiger charge is 2.70. The van der Waals surface area contributed by atoms with Gasteiger partial charge in [0, 0.05) is 23.8 Å². The van der Waals surface area contributed by atoms with E-state index >= 15 is 0 Å². The van der Waals surface area contributed by atoms with Crippen LogP contribution in [0.2, 0.25) is 0 Å². The lowest BCUT2D eigenvalue weighted by atomic mass is 9.33. The standard InChI is InChI=1S/C41H67NO6/c1-24(2)22-42-23-30(44)41-19-18-39(10)26(34(41)33(25(3)4)27(43)20-41)12-13-29-38(9)16-15-31(48-32(45)21-36(5,6)35(46)47)37(7,8)28(38)14-17-40(29,39)11/h24-26,28-31,42,44H,12-23H2,1-11H3,(H,46,47)/t26-,28?,29-,30+,31+,38+,39-,40-,41+/m1/s1. The van der Waals surface area contributed by atoms with E-state index in [9.17, 15) is 24.6 Å². The Hall–Kier alpha value is -1.73. The minimum atomic E-state index is -1.15. The highest BCUT2D eigenvalue weighted by Crippen LogP contribution is 2.77. The lowest BCUT2D eigenvalue weighted by Gasteiger charge is -2.72. The molecule has 7 nitrogen and oxygen atoms in total. The molecule has 0 aromatic heterocycles. The molecule has 5 rings (SSSR count). The minimum absolute atomic E-state index is 0.0223. The summed E-state index contributed by atoms with van der Waals surface area (Å²) in [4.78, 5) is 38.6. The van der Waals surface area contributed by atoms with E-state index in [0.717, 1.165) is 63.5 Å². The fourth-order valence-corrected chi connectivity index (χ4v) is 12.6. The normalized spacial score (nSPS) is 39.8. The Morgan fingerprint density at radius 1 is 0.896 bits per heavy atom. The van der Waals surface area contributed by atoms with Gasteiger partial charge in [0.1, 0.15) is 6.10 Å². The topological polar surface area (TPSA) is 113 Å². The van der Waals surface area contributed by atoms with E-state index < -0.39 is 28.9 Å². The Balaban J connectivity index is 1.44. The Labute approximate surface area is 290 Å². The van der Waals surface area contributed by atoms with Crippen molar-refractivity contribution in [3.63, 3.8) is 0 Å². The van der Waals surface area contributed by atoms with Gasteiger partial charge in [-0.3, -0.25) is 14.4 Å². The molecule has 5 aliphatic carbocycles. The van der Waals surface area contributed by atoms with Crippen molar-refractivity contribution in [2.75, 3.05) is 13.1 Å². The summed E-state index contributed by atoms with van der Waals surface area (Å²) < 4.78 is 6.15. The van der Waals surface area contributed by atoms with Crippen molar-refractivity contribution in [3.05, 3.63) is 11.1 Å². The van der Waals surface area contributed by atoms with E-state index in [4.69, 9.17) is 4.74 Å². The first-order valence-corrected chi connectivity index (χ1v) is 19.2. The molecule has 48 heavy (non-hydrogen) atoms. The predicted molar refractivity (Wildman–Crippen MR) is 189 cm³/mol. The van der Waals surface area contributed by atoms with Crippen LogP contribution in [-0.4, -0.2) is 53.2 Å². The lowest BCUT2D eigenvalue weighted by Crippen LogP contribution is -2.66. The Morgan fingerprint density at radius 3 is 2.17 bits per heavy atom. The first-order chi connectivity index (χ1) is 22.1. The highest BCUT2D eigenvalue weighted by atomic mass is 16.5. The highest BCUT2D eigenvalue weighted by molar-refractivity contribution is 6.00. The molecule has 0 bridgehead atoms. The van der Waals surface area contributed by atoms with E-state index in [0.29, 0.717) is 36.6 Å². The van der Waals surface area contributed by atoms with Crippen molar-refractivity contribution in [3.8, 4) is 0 Å². The minimum Gasteiger partial charge on any atom is -0.481 e. The Morgan fingerprint density at radius 2 is 1.56 bits per heavy atom. The van der Waals surface area contributed by atoms with Crippen molar-refractivity contribution in [2.24, 2.45) is 62.1 Å². The van der Waals surface area contributed by atoms with Gasteiger partial charge in [0.25, 0.3) is 0 Å². The Kier molecular flexibility index (Phi) is 9.77. The molecule has 0 aromatic carbocycles. The summed E-state index contributed by atoms with van der Waals surface area (Å²) in [6.07, 6.45) is 7.52. The second-order valence-corrected chi connectivity index (χ2v) is 19.6. The molecule has 272 valence electrons. The number of aliphatic hydroxyl groups excluding tert-OH is 1. The summed E-state index contributed by atoms with van der Waals surface area (Å²) in [5.74, 6) is 0.696. The maximum atomic E-state index is 13.9. The first kappa shape index (κ1) is 37.5. The zero-order chi connectivity index (χ0) is 35.8. The van der Waals surface area contributed by atoms with Crippen LogP contribution in [0.25, 0.3) is 0 Å². The average Bonchev–Trinajstić information content (AvgIpc) is 3.27. The van der Waals surface area contributed by atoms with Crippen LogP contribution in [0.3, 0.4) is 0 Å². The van der Waals surface area contributed by atoms with E-state index in [1.165, 1.54) is 5.57 Å². The summed E-state index contributed by atoms with van der Waals surface area (Å²) in [5, 5.41) is 25.0. The maximum Gasteiger partial charge on any atom is 0.309 e. The molecular formula is C41H67NO6. The third kappa shape index (κ3) is 5.64. The number of hydrogen-bond acceptors (Lipinski definition) is 6. The summed E-state index contributed by atoms with van der Waals surface area (Å²) in [6.45, 7) is 25.4. The van der Waals surface area contributed by atoms with Gasteiger partial charge in [-0.05, 0) is 123 Å². The van der Waals surface area contributed by atoms with Crippen molar-refractivity contribution in [1.82, 2.24) is 5.32 Å². The molecule has 4 saturated carbocycles.